The number of thioether (sulfide) groups is 1. The van der Waals surface area contributed by atoms with Crippen LogP contribution in [0.1, 0.15) is 35.2 Å². The number of benzene rings is 2. The van der Waals surface area contributed by atoms with Crippen LogP contribution in [-0.4, -0.2) is 26.2 Å². The van der Waals surface area contributed by atoms with Gasteiger partial charge in [-0.05, 0) is 61.2 Å². The van der Waals surface area contributed by atoms with E-state index < -0.39 is 0 Å². The number of fused-ring (bicyclic) bond motifs is 1. The van der Waals surface area contributed by atoms with Crippen LogP contribution in [0, 0.1) is 13.8 Å². The van der Waals surface area contributed by atoms with E-state index in [1.807, 2.05) is 43.3 Å². The summed E-state index contributed by atoms with van der Waals surface area (Å²) >= 11 is 1.27. The molecule has 1 unspecified atom stereocenters. The fourth-order valence-corrected chi connectivity index (χ4v) is 4.41. The average molecular weight is 459 g/mol. The Bertz CT molecular complexity index is 1350. The maximum Gasteiger partial charge on any atom is 0.262 e. The Morgan fingerprint density at radius 3 is 2.67 bits per heavy atom. The molecule has 0 aliphatic heterocycles. The van der Waals surface area contributed by atoms with Crippen LogP contribution in [0.15, 0.2) is 76.9 Å². The smallest absolute Gasteiger partial charge is 0.262 e. The van der Waals surface area contributed by atoms with Gasteiger partial charge in [-0.15, -0.1) is 0 Å². The van der Waals surface area contributed by atoms with E-state index in [-0.39, 0.29) is 23.3 Å². The van der Waals surface area contributed by atoms with Gasteiger partial charge in [0.05, 0.1) is 29.2 Å². The number of rotatable bonds is 7. The van der Waals surface area contributed by atoms with Gasteiger partial charge < -0.3 is 5.32 Å². The molecule has 1 amide bonds. The van der Waals surface area contributed by atoms with Gasteiger partial charge in [-0.25, -0.2) is 4.98 Å². The Kier molecular flexibility index (Phi) is 6.89. The van der Waals surface area contributed by atoms with Crippen molar-refractivity contribution in [3.05, 3.63) is 99.6 Å². The number of hydrogen-bond acceptors (Lipinski definition) is 5. The first-order chi connectivity index (χ1) is 15.9. The van der Waals surface area contributed by atoms with Gasteiger partial charge >= 0.3 is 0 Å². The first kappa shape index (κ1) is 22.7. The first-order valence-electron chi connectivity index (χ1n) is 10.8. The van der Waals surface area contributed by atoms with Gasteiger partial charge in [0.15, 0.2) is 5.16 Å². The number of nitrogens with one attached hydrogen (secondary N) is 1. The summed E-state index contributed by atoms with van der Waals surface area (Å²) in [6, 6.07) is 17.1. The maximum absolute atomic E-state index is 13.2. The molecule has 0 saturated carbocycles. The van der Waals surface area contributed by atoms with Crippen molar-refractivity contribution < 1.29 is 4.79 Å². The molecule has 0 aliphatic rings. The monoisotopic (exact) mass is 458 g/mol. The van der Waals surface area contributed by atoms with E-state index in [1.165, 1.54) is 22.9 Å². The van der Waals surface area contributed by atoms with E-state index in [2.05, 4.69) is 41.3 Å². The summed E-state index contributed by atoms with van der Waals surface area (Å²) in [5, 5.41) is 4.11. The minimum absolute atomic E-state index is 0.110. The maximum atomic E-state index is 13.2. The van der Waals surface area contributed by atoms with Crippen molar-refractivity contribution in [2.24, 2.45) is 0 Å². The molecule has 2 aromatic heterocycles. The highest BCUT2D eigenvalue weighted by molar-refractivity contribution is 7.99. The van der Waals surface area contributed by atoms with E-state index in [9.17, 15) is 9.59 Å². The number of amides is 1. The zero-order chi connectivity index (χ0) is 23.4. The van der Waals surface area contributed by atoms with Crippen molar-refractivity contribution in [1.29, 1.82) is 0 Å². The molecule has 0 fully saturated rings. The standard InChI is InChI=1S/C26H26N4O2S/c1-17-10-11-21(13-18(17)2)19(3)28-24(31)16-33-26-29-23-9-5-4-8-22(23)25(32)30(26)15-20-7-6-12-27-14-20/h4-14,19H,15-16H2,1-3H3,(H,28,31). The molecule has 33 heavy (non-hydrogen) atoms. The molecule has 1 atom stereocenters. The van der Waals surface area contributed by atoms with Crippen LogP contribution in [0.2, 0.25) is 0 Å². The van der Waals surface area contributed by atoms with Crippen LogP contribution in [0.3, 0.4) is 0 Å². The van der Waals surface area contributed by atoms with Gasteiger partial charge in [0.1, 0.15) is 0 Å². The lowest BCUT2D eigenvalue weighted by Gasteiger charge is -2.16. The van der Waals surface area contributed by atoms with Crippen LogP contribution >= 0.6 is 11.8 Å². The third-order valence-corrected chi connectivity index (χ3v) is 6.61. The molecule has 7 heteroatoms. The lowest BCUT2D eigenvalue weighted by Crippen LogP contribution is -2.29. The van der Waals surface area contributed by atoms with Crippen molar-refractivity contribution in [2.45, 2.75) is 38.5 Å². The molecule has 6 nitrogen and oxygen atoms in total. The number of pyridine rings is 1. The van der Waals surface area contributed by atoms with Crippen LogP contribution in [-0.2, 0) is 11.3 Å². The fourth-order valence-electron chi connectivity index (χ4n) is 3.60. The van der Waals surface area contributed by atoms with Crippen molar-refractivity contribution in [2.75, 3.05) is 5.75 Å². The van der Waals surface area contributed by atoms with Crippen LogP contribution in [0.25, 0.3) is 10.9 Å². The number of aromatic nitrogens is 3. The second-order valence-electron chi connectivity index (χ2n) is 8.09. The molecule has 2 aromatic carbocycles. The highest BCUT2D eigenvalue weighted by atomic mass is 32.2. The third kappa shape index (κ3) is 5.31. The Labute approximate surface area is 197 Å². The Morgan fingerprint density at radius 2 is 1.91 bits per heavy atom. The summed E-state index contributed by atoms with van der Waals surface area (Å²) in [5.74, 6) is 0.0496. The van der Waals surface area contributed by atoms with Gasteiger partial charge in [0.2, 0.25) is 5.91 Å². The summed E-state index contributed by atoms with van der Waals surface area (Å²) in [4.78, 5) is 34.8. The van der Waals surface area contributed by atoms with E-state index >= 15 is 0 Å². The van der Waals surface area contributed by atoms with E-state index in [4.69, 9.17) is 0 Å². The summed E-state index contributed by atoms with van der Waals surface area (Å²) in [7, 11) is 0. The lowest BCUT2D eigenvalue weighted by atomic mass is 10.0. The van der Waals surface area contributed by atoms with E-state index in [1.54, 1.807) is 23.0 Å². The Balaban J connectivity index is 1.54. The predicted molar refractivity (Wildman–Crippen MR) is 133 cm³/mol. The second kappa shape index (κ2) is 10.0. The second-order valence-corrected chi connectivity index (χ2v) is 9.03. The van der Waals surface area contributed by atoms with Crippen LogP contribution in [0.5, 0.6) is 0 Å². The van der Waals surface area contributed by atoms with Gasteiger partial charge in [0.25, 0.3) is 5.56 Å². The quantitative estimate of drug-likeness (QED) is 0.328. The lowest BCUT2D eigenvalue weighted by molar-refractivity contribution is -0.119. The third-order valence-electron chi connectivity index (χ3n) is 5.63. The van der Waals surface area contributed by atoms with Gasteiger partial charge in [-0.1, -0.05) is 48.2 Å². The molecule has 168 valence electrons. The Hall–Kier alpha value is -3.45. The normalized spacial score (nSPS) is 12.0. The molecule has 0 radical (unpaired) electrons. The zero-order valence-corrected chi connectivity index (χ0v) is 19.7. The summed E-state index contributed by atoms with van der Waals surface area (Å²) in [6.45, 7) is 6.45. The number of aryl methyl sites for hydroxylation is 2. The average Bonchev–Trinajstić information content (AvgIpc) is 2.82. The Morgan fingerprint density at radius 1 is 1.09 bits per heavy atom. The minimum atomic E-state index is -0.129. The van der Waals surface area contributed by atoms with E-state index in [0.717, 1.165) is 11.1 Å². The molecule has 0 spiro atoms. The summed E-state index contributed by atoms with van der Waals surface area (Å²) in [5.41, 5.74) is 4.87. The van der Waals surface area contributed by atoms with E-state index in [0.29, 0.717) is 22.6 Å². The molecular formula is C26H26N4O2S. The SMILES string of the molecule is Cc1ccc(C(C)NC(=O)CSc2nc3ccccc3c(=O)n2Cc2cccnc2)cc1C. The summed E-state index contributed by atoms with van der Waals surface area (Å²) < 4.78 is 1.62. The molecule has 0 saturated heterocycles. The molecular weight excluding hydrogens is 432 g/mol. The van der Waals surface area contributed by atoms with Crippen molar-refractivity contribution in [1.82, 2.24) is 19.9 Å². The highest BCUT2D eigenvalue weighted by Gasteiger charge is 2.15. The number of carbonyl (C=O) groups excluding carboxylic acids is 1. The number of hydrogen-bond donors (Lipinski definition) is 1. The molecule has 4 rings (SSSR count). The minimum Gasteiger partial charge on any atom is -0.349 e. The van der Waals surface area contributed by atoms with Crippen LogP contribution < -0.4 is 10.9 Å². The first-order valence-corrected chi connectivity index (χ1v) is 11.8. The molecule has 0 aliphatic carbocycles. The molecule has 2 heterocycles. The largest absolute Gasteiger partial charge is 0.349 e. The van der Waals surface area contributed by atoms with Crippen LogP contribution in [0.4, 0.5) is 0 Å². The van der Waals surface area contributed by atoms with Crippen molar-refractivity contribution in [3.8, 4) is 0 Å². The highest BCUT2D eigenvalue weighted by Crippen LogP contribution is 2.20. The summed E-state index contributed by atoms with van der Waals surface area (Å²) in [6.07, 6.45) is 3.43. The van der Waals surface area contributed by atoms with Gasteiger partial charge in [0, 0.05) is 12.4 Å². The van der Waals surface area contributed by atoms with Gasteiger partial charge in [-0.2, -0.15) is 0 Å². The molecule has 1 N–H and O–H groups in total. The number of nitrogens with zero attached hydrogens (tertiary/aromatic N) is 3. The van der Waals surface area contributed by atoms with Crippen molar-refractivity contribution >= 4 is 28.6 Å². The fraction of sp³-hybridized carbons (Fsp3) is 0.231. The predicted octanol–water partition coefficient (Wildman–Crippen LogP) is 4.43. The number of para-hydroxylation sites is 1. The molecule has 0 bridgehead atoms. The van der Waals surface area contributed by atoms with Crippen molar-refractivity contribution in [3.63, 3.8) is 0 Å². The number of carbonyl (C=O) groups is 1. The topological polar surface area (TPSA) is 76.9 Å². The van der Waals surface area contributed by atoms with Gasteiger partial charge in [-0.3, -0.25) is 19.1 Å². The zero-order valence-electron chi connectivity index (χ0n) is 18.9. The molecule has 4 aromatic rings.